The summed E-state index contributed by atoms with van der Waals surface area (Å²) in [6.45, 7) is 7.67. The Bertz CT molecular complexity index is 2140. The zero-order valence-corrected chi connectivity index (χ0v) is 28.3. The number of benzene rings is 6. The van der Waals surface area contributed by atoms with E-state index in [1.165, 1.54) is 33.4 Å². The standard InChI is InChI=1S/C45H38O6/c1-3-43(46)50-24-22-48-40-18-14-33-26-38(16-12-35(33)28-40)45(21-20-32-10-11-37(30-42(32)45)31-8-6-5-7-9-31)39-17-13-36-29-41(19-15-34(36)27-39)49-23-25-51-44(47)4-2/h3-19,26-30H,1-2,20-25H2. The maximum atomic E-state index is 11.4. The minimum atomic E-state index is -0.464. The van der Waals surface area contributed by atoms with Gasteiger partial charge in [-0.2, -0.15) is 0 Å². The number of esters is 2. The van der Waals surface area contributed by atoms with Gasteiger partial charge >= 0.3 is 11.9 Å². The van der Waals surface area contributed by atoms with Crippen LogP contribution in [0.25, 0.3) is 32.7 Å². The van der Waals surface area contributed by atoms with Gasteiger partial charge in [0.1, 0.15) is 37.9 Å². The third kappa shape index (κ3) is 6.99. The molecule has 0 spiro atoms. The van der Waals surface area contributed by atoms with Gasteiger partial charge in [-0.25, -0.2) is 9.59 Å². The molecule has 0 saturated carbocycles. The van der Waals surface area contributed by atoms with Crippen molar-refractivity contribution in [3.05, 3.63) is 169 Å². The molecule has 6 aromatic carbocycles. The summed E-state index contributed by atoms with van der Waals surface area (Å²) >= 11 is 0. The predicted molar refractivity (Wildman–Crippen MR) is 201 cm³/mol. The van der Waals surface area contributed by atoms with Crippen molar-refractivity contribution in [2.24, 2.45) is 0 Å². The molecule has 7 rings (SSSR count). The molecule has 1 aliphatic rings. The average Bonchev–Trinajstić information content (AvgIpc) is 3.57. The average molecular weight is 675 g/mol. The van der Waals surface area contributed by atoms with Crippen molar-refractivity contribution in [1.82, 2.24) is 0 Å². The van der Waals surface area contributed by atoms with Crippen LogP contribution < -0.4 is 9.47 Å². The second kappa shape index (κ2) is 14.8. The number of carbonyl (C=O) groups is 2. The fourth-order valence-electron chi connectivity index (χ4n) is 7.10. The molecule has 6 heteroatoms. The summed E-state index contributed by atoms with van der Waals surface area (Å²) < 4.78 is 21.9. The van der Waals surface area contributed by atoms with Crippen molar-refractivity contribution >= 4 is 33.5 Å². The third-order valence-electron chi connectivity index (χ3n) is 9.58. The molecule has 0 bridgehead atoms. The summed E-state index contributed by atoms with van der Waals surface area (Å²) in [5.41, 5.74) is 7.16. The molecule has 0 fully saturated rings. The van der Waals surface area contributed by atoms with Gasteiger partial charge in [0.05, 0.1) is 0 Å². The Kier molecular flexibility index (Phi) is 9.66. The number of ether oxygens (including phenoxy) is 4. The Morgan fingerprint density at radius 3 is 1.65 bits per heavy atom. The van der Waals surface area contributed by atoms with E-state index in [4.69, 9.17) is 18.9 Å². The molecule has 0 amide bonds. The fraction of sp³-hybridized carbons (Fsp3) is 0.156. The summed E-state index contributed by atoms with van der Waals surface area (Å²) in [7, 11) is 0. The Hall–Kier alpha value is -6.14. The maximum Gasteiger partial charge on any atom is 0.330 e. The van der Waals surface area contributed by atoms with Crippen LogP contribution in [0.15, 0.2) is 147 Å². The molecule has 51 heavy (non-hydrogen) atoms. The molecule has 0 unspecified atom stereocenters. The second-order valence-electron chi connectivity index (χ2n) is 12.5. The predicted octanol–water partition coefficient (Wildman–Crippen LogP) is 9.16. The molecule has 6 nitrogen and oxygen atoms in total. The van der Waals surface area contributed by atoms with Crippen molar-refractivity contribution in [3.8, 4) is 22.6 Å². The molecular formula is C45H38O6. The van der Waals surface area contributed by atoms with Gasteiger partial charge in [-0.05, 0) is 110 Å². The van der Waals surface area contributed by atoms with E-state index in [0.29, 0.717) is 11.5 Å². The first-order valence-electron chi connectivity index (χ1n) is 17.1. The zero-order chi connectivity index (χ0) is 35.2. The summed E-state index contributed by atoms with van der Waals surface area (Å²) in [6, 6.07) is 43.1. The first kappa shape index (κ1) is 33.4. The molecule has 0 aromatic heterocycles. The van der Waals surface area contributed by atoms with Crippen molar-refractivity contribution in [1.29, 1.82) is 0 Å². The van der Waals surface area contributed by atoms with E-state index >= 15 is 0 Å². The van der Waals surface area contributed by atoms with E-state index in [-0.39, 0.29) is 31.8 Å². The van der Waals surface area contributed by atoms with Gasteiger partial charge in [-0.1, -0.05) is 92.0 Å². The van der Waals surface area contributed by atoms with E-state index < -0.39 is 11.9 Å². The van der Waals surface area contributed by atoms with Crippen molar-refractivity contribution in [2.75, 3.05) is 26.4 Å². The third-order valence-corrected chi connectivity index (χ3v) is 9.58. The number of rotatable bonds is 13. The fourth-order valence-corrected chi connectivity index (χ4v) is 7.10. The SMILES string of the molecule is C=CC(=O)OCCOc1ccc2cc(C3(c4ccc5cc(OCCOC(=O)C=C)ccc5c4)CCc4ccc(-c5ccccc5)cc43)ccc2c1. The smallest absolute Gasteiger partial charge is 0.330 e. The van der Waals surface area contributed by atoms with E-state index in [9.17, 15) is 9.59 Å². The lowest BCUT2D eigenvalue weighted by molar-refractivity contribution is -0.139. The van der Waals surface area contributed by atoms with E-state index in [1.54, 1.807) is 0 Å². The lowest BCUT2D eigenvalue weighted by Gasteiger charge is -2.33. The van der Waals surface area contributed by atoms with Gasteiger partial charge in [0.2, 0.25) is 0 Å². The summed E-state index contributed by atoms with van der Waals surface area (Å²) in [5, 5.41) is 4.37. The van der Waals surface area contributed by atoms with E-state index in [1.807, 2.05) is 30.3 Å². The Morgan fingerprint density at radius 2 is 1.10 bits per heavy atom. The topological polar surface area (TPSA) is 71.1 Å². The number of carbonyl (C=O) groups excluding carboxylic acids is 2. The summed E-state index contributed by atoms with van der Waals surface area (Å²) in [4.78, 5) is 22.7. The first-order valence-corrected chi connectivity index (χ1v) is 17.1. The van der Waals surface area contributed by atoms with Crippen LogP contribution >= 0.6 is 0 Å². The number of hydrogen-bond donors (Lipinski definition) is 0. The highest BCUT2D eigenvalue weighted by atomic mass is 16.6. The van der Waals surface area contributed by atoms with Gasteiger partial charge in [0.15, 0.2) is 0 Å². The lowest BCUT2D eigenvalue weighted by atomic mass is 9.69. The molecule has 254 valence electrons. The van der Waals surface area contributed by atoms with Gasteiger partial charge in [-0.3, -0.25) is 0 Å². The highest BCUT2D eigenvalue weighted by molar-refractivity contribution is 5.88. The molecule has 0 aliphatic heterocycles. The number of fused-ring (bicyclic) bond motifs is 3. The van der Waals surface area contributed by atoms with Crippen LogP contribution in [0.2, 0.25) is 0 Å². The van der Waals surface area contributed by atoms with Crippen molar-refractivity contribution in [2.45, 2.75) is 18.3 Å². The van der Waals surface area contributed by atoms with E-state index in [0.717, 1.165) is 46.5 Å². The zero-order valence-electron chi connectivity index (χ0n) is 28.3. The van der Waals surface area contributed by atoms with Crippen LogP contribution in [0.1, 0.15) is 28.7 Å². The minimum absolute atomic E-state index is 0.155. The molecule has 1 aliphatic carbocycles. The van der Waals surface area contributed by atoms with Gasteiger partial charge < -0.3 is 18.9 Å². The van der Waals surface area contributed by atoms with Crippen molar-refractivity contribution in [3.63, 3.8) is 0 Å². The van der Waals surface area contributed by atoms with Crippen LogP contribution in [0.3, 0.4) is 0 Å². The molecule has 0 atom stereocenters. The minimum Gasteiger partial charge on any atom is -0.490 e. The first-order chi connectivity index (χ1) is 25.0. The highest BCUT2D eigenvalue weighted by Crippen LogP contribution is 2.51. The largest absolute Gasteiger partial charge is 0.490 e. The number of hydrogen-bond acceptors (Lipinski definition) is 6. The Labute approximate surface area is 297 Å². The quantitative estimate of drug-likeness (QED) is 0.0692. The van der Waals surface area contributed by atoms with Gasteiger partial charge in [0.25, 0.3) is 0 Å². The second-order valence-corrected chi connectivity index (χ2v) is 12.5. The van der Waals surface area contributed by atoms with Crippen LogP contribution in [0.4, 0.5) is 0 Å². The molecule has 0 N–H and O–H groups in total. The van der Waals surface area contributed by atoms with Crippen LogP contribution in [0, 0.1) is 0 Å². The monoisotopic (exact) mass is 674 g/mol. The van der Waals surface area contributed by atoms with E-state index in [2.05, 4.69) is 104 Å². The molecule has 0 heterocycles. The summed E-state index contributed by atoms with van der Waals surface area (Å²) in [5.74, 6) is 0.505. The molecular weight excluding hydrogens is 636 g/mol. The summed E-state index contributed by atoms with van der Waals surface area (Å²) in [6.07, 6.45) is 4.19. The van der Waals surface area contributed by atoms with Crippen LogP contribution in [0.5, 0.6) is 11.5 Å². The van der Waals surface area contributed by atoms with Gasteiger partial charge in [0, 0.05) is 17.6 Å². The highest BCUT2D eigenvalue weighted by Gasteiger charge is 2.42. The van der Waals surface area contributed by atoms with Crippen molar-refractivity contribution < 1.29 is 28.5 Å². The maximum absolute atomic E-state index is 11.4. The number of aryl methyl sites for hydroxylation is 1. The Balaban J connectivity index is 1.25. The molecule has 6 aromatic rings. The molecule has 0 radical (unpaired) electrons. The Morgan fingerprint density at radius 1 is 0.569 bits per heavy atom. The molecule has 0 saturated heterocycles. The van der Waals surface area contributed by atoms with Crippen LogP contribution in [-0.2, 0) is 30.9 Å². The lowest BCUT2D eigenvalue weighted by Crippen LogP contribution is -2.26. The van der Waals surface area contributed by atoms with Crippen LogP contribution in [-0.4, -0.2) is 38.4 Å². The van der Waals surface area contributed by atoms with Gasteiger partial charge in [-0.15, -0.1) is 0 Å². The normalized spacial score (nSPS) is 12.9.